The minimum absolute atomic E-state index is 0.00298. The molecule has 1 aromatic rings. The zero-order valence-corrected chi connectivity index (χ0v) is 10.1. The van der Waals surface area contributed by atoms with Crippen molar-refractivity contribution in [2.24, 2.45) is 12.5 Å². The van der Waals surface area contributed by atoms with Gasteiger partial charge in [-0.2, -0.15) is 0 Å². The van der Waals surface area contributed by atoms with E-state index >= 15 is 0 Å². The maximum atomic E-state index is 11.6. The fourth-order valence-corrected chi connectivity index (χ4v) is 1.05. The molecular formula is C11H17N3O2. The first-order valence-corrected chi connectivity index (χ1v) is 5.10. The average Bonchev–Trinajstić information content (AvgIpc) is 2.59. The van der Waals surface area contributed by atoms with Crippen LogP contribution in [0.1, 0.15) is 31.3 Å². The Kier molecular flexibility index (Phi) is 3.47. The van der Waals surface area contributed by atoms with Crippen LogP contribution >= 0.6 is 0 Å². The molecule has 5 heteroatoms. The van der Waals surface area contributed by atoms with Crippen LogP contribution in [0.3, 0.4) is 0 Å². The Bertz CT molecular complexity index is 402. The molecule has 1 N–H and O–H groups in total. The zero-order chi connectivity index (χ0) is 12.3. The predicted molar refractivity (Wildman–Crippen MR) is 60.0 cm³/mol. The topological polar surface area (TPSA) is 64.0 Å². The molecule has 0 unspecified atom stereocenters. The standard InChI is InChI=1S/C11H17N3O2/c1-11(2,3)9(15)5-12-10(16)8-6-14(4)7-13-8/h6-7H,5H2,1-4H3,(H,12,16). The first-order chi connectivity index (χ1) is 7.30. The average molecular weight is 223 g/mol. The number of rotatable bonds is 3. The van der Waals surface area contributed by atoms with Crippen molar-refractivity contribution < 1.29 is 9.59 Å². The number of hydrogen-bond acceptors (Lipinski definition) is 3. The van der Waals surface area contributed by atoms with Gasteiger partial charge in [-0.3, -0.25) is 9.59 Å². The molecule has 88 valence electrons. The second kappa shape index (κ2) is 4.47. The minimum Gasteiger partial charge on any atom is -0.344 e. The molecule has 0 atom stereocenters. The van der Waals surface area contributed by atoms with Crippen LogP contribution in [-0.4, -0.2) is 27.8 Å². The van der Waals surface area contributed by atoms with Gasteiger partial charge in [0.1, 0.15) is 5.69 Å². The van der Waals surface area contributed by atoms with Crippen molar-refractivity contribution in [3.8, 4) is 0 Å². The number of amides is 1. The molecule has 1 aromatic heterocycles. The SMILES string of the molecule is Cn1cnc(C(=O)NCC(=O)C(C)(C)C)c1. The molecule has 1 rings (SSSR count). The molecule has 0 aliphatic heterocycles. The summed E-state index contributed by atoms with van der Waals surface area (Å²) < 4.78 is 1.68. The predicted octanol–water partition coefficient (Wildman–Crippen LogP) is 0.765. The lowest BCUT2D eigenvalue weighted by Crippen LogP contribution is -2.35. The summed E-state index contributed by atoms with van der Waals surface area (Å²) in [7, 11) is 1.78. The van der Waals surface area contributed by atoms with Crippen molar-refractivity contribution >= 4 is 11.7 Å². The van der Waals surface area contributed by atoms with Crippen molar-refractivity contribution in [1.82, 2.24) is 14.9 Å². The van der Waals surface area contributed by atoms with Crippen molar-refractivity contribution in [2.75, 3.05) is 6.54 Å². The fourth-order valence-electron chi connectivity index (χ4n) is 1.05. The number of aromatic nitrogens is 2. The molecule has 0 saturated carbocycles. The van der Waals surface area contributed by atoms with Crippen LogP contribution in [0.2, 0.25) is 0 Å². The number of aryl methyl sites for hydroxylation is 1. The zero-order valence-electron chi connectivity index (χ0n) is 10.1. The van der Waals surface area contributed by atoms with E-state index in [1.807, 2.05) is 20.8 Å². The number of nitrogens with one attached hydrogen (secondary N) is 1. The second-order valence-corrected chi connectivity index (χ2v) is 4.78. The van der Waals surface area contributed by atoms with Crippen molar-refractivity contribution in [3.63, 3.8) is 0 Å². The van der Waals surface area contributed by atoms with Gasteiger partial charge < -0.3 is 9.88 Å². The first kappa shape index (κ1) is 12.4. The van der Waals surface area contributed by atoms with E-state index in [1.165, 1.54) is 0 Å². The maximum absolute atomic E-state index is 11.6. The molecular weight excluding hydrogens is 206 g/mol. The molecule has 0 aliphatic rings. The Labute approximate surface area is 94.9 Å². The summed E-state index contributed by atoms with van der Waals surface area (Å²) in [6.45, 7) is 5.51. The summed E-state index contributed by atoms with van der Waals surface area (Å²) in [4.78, 5) is 27.0. The van der Waals surface area contributed by atoms with Crippen LogP contribution in [0, 0.1) is 5.41 Å². The lowest BCUT2D eigenvalue weighted by atomic mass is 9.91. The number of hydrogen-bond donors (Lipinski definition) is 1. The maximum Gasteiger partial charge on any atom is 0.271 e. The number of carbonyl (C=O) groups is 2. The highest BCUT2D eigenvalue weighted by Crippen LogP contribution is 2.13. The summed E-state index contributed by atoms with van der Waals surface area (Å²) in [6, 6.07) is 0. The van der Waals surface area contributed by atoms with Gasteiger partial charge in [-0.15, -0.1) is 0 Å². The Morgan fingerprint density at radius 1 is 1.44 bits per heavy atom. The fraction of sp³-hybridized carbons (Fsp3) is 0.545. The highest BCUT2D eigenvalue weighted by atomic mass is 16.2. The highest BCUT2D eigenvalue weighted by Gasteiger charge is 2.21. The van der Waals surface area contributed by atoms with Crippen LogP contribution in [0.25, 0.3) is 0 Å². The van der Waals surface area contributed by atoms with Gasteiger partial charge in [0.25, 0.3) is 5.91 Å². The highest BCUT2D eigenvalue weighted by molar-refractivity contribution is 5.96. The van der Waals surface area contributed by atoms with Gasteiger partial charge in [-0.05, 0) is 0 Å². The van der Waals surface area contributed by atoms with Crippen LogP contribution in [-0.2, 0) is 11.8 Å². The second-order valence-electron chi connectivity index (χ2n) is 4.78. The van der Waals surface area contributed by atoms with Crippen molar-refractivity contribution in [2.45, 2.75) is 20.8 Å². The Morgan fingerprint density at radius 2 is 2.06 bits per heavy atom. The smallest absolute Gasteiger partial charge is 0.271 e. The van der Waals surface area contributed by atoms with E-state index in [9.17, 15) is 9.59 Å². The number of nitrogens with zero attached hydrogens (tertiary/aromatic N) is 2. The molecule has 0 spiro atoms. The van der Waals surface area contributed by atoms with Gasteiger partial charge in [-0.25, -0.2) is 4.98 Å². The van der Waals surface area contributed by atoms with Crippen LogP contribution in [0.4, 0.5) is 0 Å². The van der Waals surface area contributed by atoms with E-state index in [-0.39, 0.29) is 18.2 Å². The van der Waals surface area contributed by atoms with Crippen LogP contribution < -0.4 is 5.32 Å². The van der Waals surface area contributed by atoms with Gasteiger partial charge in [-0.1, -0.05) is 20.8 Å². The van der Waals surface area contributed by atoms with E-state index in [4.69, 9.17) is 0 Å². The quantitative estimate of drug-likeness (QED) is 0.823. The van der Waals surface area contributed by atoms with Gasteiger partial charge >= 0.3 is 0 Å². The molecule has 0 saturated heterocycles. The van der Waals surface area contributed by atoms with E-state index in [0.29, 0.717) is 5.69 Å². The van der Waals surface area contributed by atoms with Crippen LogP contribution in [0.5, 0.6) is 0 Å². The number of imidazole rings is 1. The van der Waals surface area contributed by atoms with Crippen molar-refractivity contribution in [1.29, 1.82) is 0 Å². The molecule has 0 aliphatic carbocycles. The van der Waals surface area contributed by atoms with E-state index in [1.54, 1.807) is 24.1 Å². The van der Waals surface area contributed by atoms with E-state index in [0.717, 1.165) is 0 Å². The third-order valence-corrected chi connectivity index (χ3v) is 2.18. The van der Waals surface area contributed by atoms with E-state index < -0.39 is 5.41 Å². The number of carbonyl (C=O) groups excluding carboxylic acids is 2. The van der Waals surface area contributed by atoms with Crippen LogP contribution in [0.15, 0.2) is 12.5 Å². The van der Waals surface area contributed by atoms with Gasteiger partial charge in [0, 0.05) is 18.7 Å². The summed E-state index contributed by atoms with van der Waals surface area (Å²) in [6.07, 6.45) is 3.15. The first-order valence-electron chi connectivity index (χ1n) is 5.10. The summed E-state index contributed by atoms with van der Waals surface area (Å²) in [5.41, 5.74) is -0.110. The molecule has 5 nitrogen and oxygen atoms in total. The molecule has 0 radical (unpaired) electrons. The third-order valence-electron chi connectivity index (χ3n) is 2.18. The Hall–Kier alpha value is -1.65. The lowest BCUT2D eigenvalue weighted by molar-refractivity contribution is -0.125. The molecule has 1 amide bonds. The molecule has 0 bridgehead atoms. The minimum atomic E-state index is -0.433. The largest absolute Gasteiger partial charge is 0.344 e. The van der Waals surface area contributed by atoms with Gasteiger partial charge in [0.05, 0.1) is 12.9 Å². The summed E-state index contributed by atoms with van der Waals surface area (Å²) in [5.74, 6) is -0.324. The Morgan fingerprint density at radius 3 is 2.50 bits per heavy atom. The van der Waals surface area contributed by atoms with E-state index in [2.05, 4.69) is 10.3 Å². The molecule has 1 heterocycles. The third kappa shape index (κ3) is 3.18. The van der Waals surface area contributed by atoms with Crippen molar-refractivity contribution in [3.05, 3.63) is 18.2 Å². The monoisotopic (exact) mass is 223 g/mol. The Balaban J connectivity index is 2.51. The van der Waals surface area contributed by atoms with Gasteiger partial charge in [0.15, 0.2) is 5.78 Å². The van der Waals surface area contributed by atoms with Gasteiger partial charge in [0.2, 0.25) is 0 Å². The molecule has 16 heavy (non-hydrogen) atoms. The summed E-state index contributed by atoms with van der Waals surface area (Å²) in [5, 5.41) is 2.55. The number of Topliss-reactive ketones (excluding diaryl/α,β-unsaturated/α-hetero) is 1. The summed E-state index contributed by atoms with van der Waals surface area (Å²) >= 11 is 0. The normalized spacial score (nSPS) is 11.2. The molecule has 0 fully saturated rings. The molecule has 0 aromatic carbocycles. The lowest BCUT2D eigenvalue weighted by Gasteiger charge is -2.16. The number of ketones is 1.